The minimum Gasteiger partial charge on any atom is -0.494 e. The summed E-state index contributed by atoms with van der Waals surface area (Å²) < 4.78 is 4.62. The summed E-state index contributed by atoms with van der Waals surface area (Å²) in [6.45, 7) is 1.78. The lowest BCUT2D eigenvalue weighted by Gasteiger charge is -2.04. The lowest BCUT2D eigenvalue weighted by Crippen LogP contribution is -2.11. The van der Waals surface area contributed by atoms with Crippen LogP contribution in [0.25, 0.3) is 0 Å². The SMILES string of the molecule is CCOC(=O)c1c(Cl)cc(=O)[nH]c1O. The summed E-state index contributed by atoms with van der Waals surface area (Å²) in [5.74, 6) is -1.35. The molecule has 0 bridgehead atoms. The highest BCUT2D eigenvalue weighted by Crippen LogP contribution is 2.21. The van der Waals surface area contributed by atoms with Gasteiger partial charge in [-0.1, -0.05) is 11.6 Å². The average molecular weight is 218 g/mol. The van der Waals surface area contributed by atoms with Crippen LogP contribution in [-0.4, -0.2) is 22.7 Å². The van der Waals surface area contributed by atoms with Gasteiger partial charge < -0.3 is 9.84 Å². The van der Waals surface area contributed by atoms with Gasteiger partial charge in [0.15, 0.2) is 0 Å². The van der Waals surface area contributed by atoms with E-state index in [2.05, 4.69) is 4.74 Å². The first-order chi connectivity index (χ1) is 6.56. The third-order valence-corrected chi connectivity index (χ3v) is 1.75. The molecule has 5 nitrogen and oxygen atoms in total. The molecule has 0 aliphatic carbocycles. The molecular weight excluding hydrogens is 210 g/mol. The monoisotopic (exact) mass is 217 g/mol. The first-order valence-electron chi connectivity index (χ1n) is 3.85. The van der Waals surface area contributed by atoms with E-state index in [0.29, 0.717) is 0 Å². The first kappa shape index (κ1) is 10.6. The highest BCUT2D eigenvalue weighted by Gasteiger charge is 2.17. The number of carbonyl (C=O) groups excluding carboxylic acids is 1. The highest BCUT2D eigenvalue weighted by atomic mass is 35.5. The van der Waals surface area contributed by atoms with Gasteiger partial charge >= 0.3 is 5.97 Å². The van der Waals surface area contributed by atoms with Crippen molar-refractivity contribution >= 4 is 17.6 Å². The van der Waals surface area contributed by atoms with Crippen LogP contribution in [0, 0.1) is 0 Å². The molecule has 0 radical (unpaired) electrons. The number of aromatic nitrogens is 1. The molecule has 0 unspecified atom stereocenters. The van der Waals surface area contributed by atoms with Gasteiger partial charge in [-0.25, -0.2) is 4.79 Å². The van der Waals surface area contributed by atoms with E-state index in [1.54, 1.807) is 6.92 Å². The molecule has 1 heterocycles. The Labute approximate surface area is 84.3 Å². The van der Waals surface area contributed by atoms with E-state index in [1.807, 2.05) is 4.98 Å². The van der Waals surface area contributed by atoms with Crippen molar-refractivity contribution in [1.82, 2.24) is 4.98 Å². The number of aromatic hydroxyl groups is 1. The maximum atomic E-state index is 11.2. The van der Waals surface area contributed by atoms with Gasteiger partial charge in [-0.2, -0.15) is 0 Å². The van der Waals surface area contributed by atoms with Crippen molar-refractivity contribution in [3.05, 3.63) is 27.0 Å². The molecule has 1 aromatic rings. The van der Waals surface area contributed by atoms with E-state index in [-0.39, 0.29) is 17.2 Å². The van der Waals surface area contributed by atoms with Crippen molar-refractivity contribution in [2.24, 2.45) is 0 Å². The lowest BCUT2D eigenvalue weighted by molar-refractivity contribution is 0.0522. The van der Waals surface area contributed by atoms with E-state index >= 15 is 0 Å². The van der Waals surface area contributed by atoms with Crippen LogP contribution in [0.5, 0.6) is 5.88 Å². The van der Waals surface area contributed by atoms with Crippen molar-refractivity contribution in [2.75, 3.05) is 6.61 Å². The molecule has 0 amide bonds. The predicted molar refractivity (Wildman–Crippen MR) is 49.7 cm³/mol. The van der Waals surface area contributed by atoms with Crippen molar-refractivity contribution in [3.8, 4) is 5.88 Å². The number of hydrogen-bond donors (Lipinski definition) is 2. The van der Waals surface area contributed by atoms with Gasteiger partial charge in [0.05, 0.1) is 11.6 Å². The molecular formula is C8H8ClNO4. The molecule has 0 atom stereocenters. The normalized spacial score (nSPS) is 9.86. The number of ether oxygens (including phenoxy) is 1. The molecule has 0 saturated heterocycles. The molecule has 1 aromatic heterocycles. The van der Waals surface area contributed by atoms with Crippen LogP contribution in [0.1, 0.15) is 17.3 Å². The lowest BCUT2D eigenvalue weighted by atomic mass is 10.3. The second-order valence-electron chi connectivity index (χ2n) is 2.43. The Morgan fingerprint density at radius 1 is 1.71 bits per heavy atom. The smallest absolute Gasteiger partial charge is 0.345 e. The zero-order chi connectivity index (χ0) is 10.7. The second-order valence-corrected chi connectivity index (χ2v) is 2.83. The van der Waals surface area contributed by atoms with Gasteiger partial charge in [-0.3, -0.25) is 9.78 Å². The van der Waals surface area contributed by atoms with Crippen molar-refractivity contribution in [3.63, 3.8) is 0 Å². The fourth-order valence-electron chi connectivity index (χ4n) is 0.913. The maximum absolute atomic E-state index is 11.2. The molecule has 76 valence electrons. The molecule has 1 rings (SSSR count). The number of nitrogens with one attached hydrogen (secondary N) is 1. The van der Waals surface area contributed by atoms with Crippen LogP contribution >= 0.6 is 11.6 Å². The minimum atomic E-state index is -0.772. The summed E-state index contributed by atoms with van der Waals surface area (Å²) in [5, 5.41) is 9.09. The molecule has 0 saturated carbocycles. The van der Waals surface area contributed by atoms with Gasteiger partial charge in [0, 0.05) is 6.07 Å². The third kappa shape index (κ3) is 2.05. The van der Waals surface area contributed by atoms with Gasteiger partial charge in [-0.15, -0.1) is 0 Å². The average Bonchev–Trinajstić information content (AvgIpc) is 2.01. The largest absolute Gasteiger partial charge is 0.494 e. The number of carbonyl (C=O) groups is 1. The first-order valence-corrected chi connectivity index (χ1v) is 4.23. The van der Waals surface area contributed by atoms with Crippen LogP contribution in [0.4, 0.5) is 0 Å². The summed E-state index contributed by atoms with van der Waals surface area (Å²) in [4.78, 5) is 24.0. The third-order valence-electron chi connectivity index (χ3n) is 1.45. The molecule has 6 heteroatoms. The minimum absolute atomic E-state index is 0.135. The van der Waals surface area contributed by atoms with Gasteiger partial charge in [0.2, 0.25) is 5.88 Å². The fraction of sp³-hybridized carbons (Fsp3) is 0.250. The highest BCUT2D eigenvalue weighted by molar-refractivity contribution is 6.33. The predicted octanol–water partition coefficient (Wildman–Crippen LogP) is 0.911. The van der Waals surface area contributed by atoms with E-state index in [4.69, 9.17) is 11.6 Å². The van der Waals surface area contributed by atoms with Crippen molar-refractivity contribution in [2.45, 2.75) is 6.92 Å². The second kappa shape index (κ2) is 4.15. The van der Waals surface area contributed by atoms with Gasteiger partial charge in [0.25, 0.3) is 5.56 Å². The summed E-state index contributed by atoms with van der Waals surface area (Å²) in [5.41, 5.74) is -0.811. The molecule has 0 aliphatic heterocycles. The molecule has 2 N–H and O–H groups in total. The van der Waals surface area contributed by atoms with Crippen LogP contribution in [0.2, 0.25) is 5.02 Å². The van der Waals surface area contributed by atoms with Crippen molar-refractivity contribution in [1.29, 1.82) is 0 Å². The molecule has 14 heavy (non-hydrogen) atoms. The number of hydrogen-bond acceptors (Lipinski definition) is 4. The van der Waals surface area contributed by atoms with E-state index < -0.39 is 17.4 Å². The fourth-order valence-corrected chi connectivity index (χ4v) is 1.18. The number of pyridine rings is 1. The van der Waals surface area contributed by atoms with Gasteiger partial charge in [-0.05, 0) is 6.92 Å². The van der Waals surface area contributed by atoms with E-state index in [1.165, 1.54) is 0 Å². The van der Waals surface area contributed by atoms with Gasteiger partial charge in [0.1, 0.15) is 5.56 Å². The summed E-state index contributed by atoms with van der Waals surface area (Å²) in [6, 6.07) is 0.994. The number of esters is 1. The van der Waals surface area contributed by atoms with E-state index in [9.17, 15) is 14.7 Å². The number of H-pyrrole nitrogens is 1. The van der Waals surface area contributed by atoms with Crippen LogP contribution in [0.15, 0.2) is 10.9 Å². The maximum Gasteiger partial charge on any atom is 0.345 e. The zero-order valence-corrected chi connectivity index (χ0v) is 8.09. The zero-order valence-electron chi connectivity index (χ0n) is 7.33. The number of halogens is 1. The van der Waals surface area contributed by atoms with Crippen LogP contribution in [-0.2, 0) is 4.74 Å². The van der Waals surface area contributed by atoms with Crippen LogP contribution < -0.4 is 5.56 Å². The Balaban J connectivity index is 3.21. The Morgan fingerprint density at radius 2 is 2.36 bits per heavy atom. The number of rotatable bonds is 2. The quantitative estimate of drug-likeness (QED) is 0.722. The molecule has 0 spiro atoms. The molecule has 0 aliphatic rings. The van der Waals surface area contributed by atoms with Crippen LogP contribution in [0.3, 0.4) is 0 Å². The summed E-state index contributed by atoms with van der Waals surface area (Å²) in [6.07, 6.45) is 0. The Bertz CT molecular complexity index is 386. The van der Waals surface area contributed by atoms with Crippen molar-refractivity contribution < 1.29 is 14.6 Å². The summed E-state index contributed by atoms with van der Waals surface area (Å²) >= 11 is 5.58. The topological polar surface area (TPSA) is 79.4 Å². The Kier molecular flexibility index (Phi) is 3.14. The Morgan fingerprint density at radius 3 is 2.86 bits per heavy atom. The molecule has 0 aromatic carbocycles. The Hall–Kier alpha value is -1.49. The van der Waals surface area contributed by atoms with E-state index in [0.717, 1.165) is 6.07 Å². The molecule has 0 fully saturated rings. The standard InChI is InChI=1S/C8H8ClNO4/c1-2-14-8(13)6-4(9)3-5(11)10-7(6)12/h3H,2H2,1H3,(H2,10,11,12). The summed E-state index contributed by atoms with van der Waals surface area (Å²) in [7, 11) is 0. The number of aromatic amines is 1.